The van der Waals surface area contributed by atoms with Gasteiger partial charge >= 0.3 is 14.5 Å². The fourth-order valence-electron chi connectivity index (χ4n) is 1.76. The summed E-state index contributed by atoms with van der Waals surface area (Å²) in [5.74, 6) is -0.257. The Hall–Kier alpha value is -0.433. The topological polar surface area (TPSA) is 54.0 Å². The maximum absolute atomic E-state index is 11.3. The standard InChI is InChI=1S/C12H26O5Si/c1-7-11(13)17-12(8-2)16-10(4)18(9-3,14-5)15-6/h10,12H,7-9H2,1-6H3. The van der Waals surface area contributed by atoms with Crippen molar-refractivity contribution in [3.63, 3.8) is 0 Å². The molecule has 0 aromatic rings. The molecule has 108 valence electrons. The van der Waals surface area contributed by atoms with Gasteiger partial charge in [-0.3, -0.25) is 4.79 Å². The van der Waals surface area contributed by atoms with E-state index in [9.17, 15) is 4.79 Å². The second-order valence-electron chi connectivity index (χ2n) is 4.03. The van der Waals surface area contributed by atoms with E-state index in [4.69, 9.17) is 18.3 Å². The van der Waals surface area contributed by atoms with Crippen molar-refractivity contribution in [2.75, 3.05) is 14.2 Å². The lowest BCUT2D eigenvalue weighted by atomic mass is 10.4. The first-order valence-electron chi connectivity index (χ1n) is 6.44. The minimum Gasteiger partial charge on any atom is -0.436 e. The molecule has 0 saturated carbocycles. The van der Waals surface area contributed by atoms with Gasteiger partial charge in [0.15, 0.2) is 0 Å². The highest BCUT2D eigenvalue weighted by molar-refractivity contribution is 6.68. The number of hydrogen-bond donors (Lipinski definition) is 0. The lowest BCUT2D eigenvalue weighted by molar-refractivity contribution is -0.184. The van der Waals surface area contributed by atoms with Crippen LogP contribution < -0.4 is 0 Å². The van der Waals surface area contributed by atoms with E-state index in [1.54, 1.807) is 21.1 Å². The molecule has 0 fully saturated rings. The third-order valence-corrected chi connectivity index (χ3v) is 6.79. The highest BCUT2D eigenvalue weighted by Crippen LogP contribution is 2.21. The van der Waals surface area contributed by atoms with Gasteiger partial charge in [0.2, 0.25) is 6.29 Å². The Kier molecular flexibility index (Phi) is 8.42. The van der Waals surface area contributed by atoms with Crippen LogP contribution in [0.5, 0.6) is 0 Å². The first kappa shape index (κ1) is 17.6. The average Bonchev–Trinajstić information content (AvgIpc) is 2.40. The molecule has 0 heterocycles. The average molecular weight is 278 g/mol. The second kappa shape index (κ2) is 8.63. The molecule has 0 N–H and O–H groups in total. The predicted molar refractivity (Wildman–Crippen MR) is 71.3 cm³/mol. The molecule has 0 radical (unpaired) electrons. The van der Waals surface area contributed by atoms with Crippen LogP contribution in [0.4, 0.5) is 0 Å². The van der Waals surface area contributed by atoms with Crippen molar-refractivity contribution in [1.29, 1.82) is 0 Å². The van der Waals surface area contributed by atoms with Crippen molar-refractivity contribution in [2.24, 2.45) is 0 Å². The summed E-state index contributed by atoms with van der Waals surface area (Å²) in [5.41, 5.74) is -0.202. The van der Waals surface area contributed by atoms with Crippen molar-refractivity contribution in [3.05, 3.63) is 0 Å². The van der Waals surface area contributed by atoms with Gasteiger partial charge in [-0.1, -0.05) is 20.8 Å². The largest absolute Gasteiger partial charge is 0.436 e. The van der Waals surface area contributed by atoms with Crippen molar-refractivity contribution < 1.29 is 23.1 Å². The van der Waals surface area contributed by atoms with Crippen LogP contribution >= 0.6 is 0 Å². The SMILES string of the molecule is CCC(=O)OC(CC)OC(C)[Si](CC)(OC)OC. The van der Waals surface area contributed by atoms with Crippen molar-refractivity contribution in [1.82, 2.24) is 0 Å². The van der Waals surface area contributed by atoms with E-state index in [1.807, 2.05) is 20.8 Å². The van der Waals surface area contributed by atoms with Crippen LogP contribution in [-0.4, -0.2) is 40.8 Å². The Morgan fingerprint density at radius 3 is 2.06 bits per heavy atom. The van der Waals surface area contributed by atoms with Gasteiger partial charge in [0.1, 0.15) is 5.73 Å². The number of carbonyl (C=O) groups is 1. The van der Waals surface area contributed by atoms with Crippen LogP contribution in [0, 0.1) is 0 Å². The molecule has 0 saturated heterocycles. The lowest BCUT2D eigenvalue weighted by Gasteiger charge is -2.33. The molecule has 0 aromatic heterocycles. The van der Waals surface area contributed by atoms with Crippen LogP contribution in [0.25, 0.3) is 0 Å². The molecule has 0 amide bonds. The Morgan fingerprint density at radius 2 is 1.72 bits per heavy atom. The molecule has 0 aliphatic carbocycles. The molecular weight excluding hydrogens is 252 g/mol. The molecular formula is C12H26O5Si. The first-order chi connectivity index (χ1) is 8.49. The number of ether oxygens (including phenoxy) is 2. The zero-order chi connectivity index (χ0) is 14.2. The molecule has 0 bridgehead atoms. The zero-order valence-corrected chi connectivity index (χ0v) is 13.3. The predicted octanol–water partition coefficient (Wildman–Crippen LogP) is 2.37. The summed E-state index contributed by atoms with van der Waals surface area (Å²) in [6.45, 7) is 7.59. The summed E-state index contributed by atoms with van der Waals surface area (Å²) < 4.78 is 22.0. The maximum Gasteiger partial charge on any atom is 0.367 e. The van der Waals surface area contributed by atoms with Crippen molar-refractivity contribution in [3.8, 4) is 0 Å². The molecule has 18 heavy (non-hydrogen) atoms. The molecule has 0 rings (SSSR count). The second-order valence-corrected chi connectivity index (χ2v) is 7.99. The van der Waals surface area contributed by atoms with Crippen LogP contribution in [0.15, 0.2) is 0 Å². The van der Waals surface area contributed by atoms with Crippen LogP contribution in [0.1, 0.15) is 40.5 Å². The van der Waals surface area contributed by atoms with E-state index in [-0.39, 0.29) is 11.7 Å². The third-order valence-electron chi connectivity index (χ3n) is 3.04. The van der Waals surface area contributed by atoms with Gasteiger partial charge < -0.3 is 18.3 Å². The van der Waals surface area contributed by atoms with E-state index < -0.39 is 14.9 Å². The van der Waals surface area contributed by atoms with E-state index in [2.05, 4.69) is 0 Å². The number of rotatable bonds is 9. The van der Waals surface area contributed by atoms with E-state index >= 15 is 0 Å². The number of esters is 1. The van der Waals surface area contributed by atoms with E-state index in [0.717, 1.165) is 6.04 Å². The van der Waals surface area contributed by atoms with E-state index in [0.29, 0.717) is 12.8 Å². The van der Waals surface area contributed by atoms with Crippen molar-refractivity contribution >= 4 is 14.5 Å². The minimum atomic E-state index is -2.37. The third kappa shape index (κ3) is 4.68. The number of carbonyl (C=O) groups excluding carboxylic acids is 1. The lowest BCUT2D eigenvalue weighted by Crippen LogP contribution is -2.52. The highest BCUT2D eigenvalue weighted by atomic mass is 28.4. The highest BCUT2D eigenvalue weighted by Gasteiger charge is 2.42. The van der Waals surface area contributed by atoms with Crippen LogP contribution in [-0.2, 0) is 23.1 Å². The molecule has 0 aromatic carbocycles. The Labute approximate surface area is 111 Å². The summed E-state index contributed by atoms with van der Waals surface area (Å²) >= 11 is 0. The Bertz CT molecular complexity index is 234. The fraction of sp³-hybridized carbons (Fsp3) is 0.917. The molecule has 0 spiro atoms. The monoisotopic (exact) mass is 278 g/mol. The molecule has 2 atom stereocenters. The molecule has 6 heteroatoms. The smallest absolute Gasteiger partial charge is 0.367 e. The summed E-state index contributed by atoms with van der Waals surface area (Å²) in [4.78, 5) is 11.3. The molecule has 0 aliphatic heterocycles. The fourth-order valence-corrected chi connectivity index (χ4v) is 4.10. The summed E-state index contributed by atoms with van der Waals surface area (Å²) in [5, 5.41) is 0. The normalized spacial score (nSPS) is 15.2. The molecule has 0 aliphatic rings. The van der Waals surface area contributed by atoms with Gasteiger partial charge in [-0.15, -0.1) is 0 Å². The van der Waals surface area contributed by atoms with Gasteiger partial charge in [-0.25, -0.2) is 0 Å². The van der Waals surface area contributed by atoms with Gasteiger partial charge in [0, 0.05) is 27.1 Å². The Morgan fingerprint density at radius 1 is 1.17 bits per heavy atom. The Balaban J connectivity index is 4.58. The van der Waals surface area contributed by atoms with Crippen LogP contribution in [0.2, 0.25) is 6.04 Å². The molecule has 2 unspecified atom stereocenters. The van der Waals surface area contributed by atoms with Gasteiger partial charge in [-0.2, -0.15) is 0 Å². The first-order valence-corrected chi connectivity index (χ1v) is 8.54. The van der Waals surface area contributed by atoms with Gasteiger partial charge in [0.25, 0.3) is 0 Å². The summed E-state index contributed by atoms with van der Waals surface area (Å²) in [6, 6.07) is 0.777. The van der Waals surface area contributed by atoms with Crippen LogP contribution in [0.3, 0.4) is 0 Å². The van der Waals surface area contributed by atoms with E-state index in [1.165, 1.54) is 0 Å². The molecule has 5 nitrogen and oxygen atoms in total. The minimum absolute atomic E-state index is 0.202. The van der Waals surface area contributed by atoms with Crippen molar-refractivity contribution in [2.45, 2.75) is 58.6 Å². The summed E-state index contributed by atoms with van der Waals surface area (Å²) in [7, 11) is 0.899. The van der Waals surface area contributed by atoms with Gasteiger partial charge in [0.05, 0.1) is 0 Å². The maximum atomic E-state index is 11.3. The van der Waals surface area contributed by atoms with Gasteiger partial charge in [-0.05, 0) is 13.0 Å². The summed E-state index contributed by atoms with van der Waals surface area (Å²) in [6.07, 6.45) is 0.424. The number of hydrogen-bond acceptors (Lipinski definition) is 5. The zero-order valence-electron chi connectivity index (χ0n) is 12.3. The quantitative estimate of drug-likeness (QED) is 0.368.